The van der Waals surface area contributed by atoms with Gasteiger partial charge in [0.2, 0.25) is 11.8 Å². The van der Waals surface area contributed by atoms with Crippen molar-refractivity contribution in [3.8, 4) is 0 Å². The van der Waals surface area contributed by atoms with Crippen molar-refractivity contribution in [2.24, 2.45) is 0 Å². The number of halogens is 1. The van der Waals surface area contributed by atoms with Gasteiger partial charge in [0.25, 0.3) is 5.91 Å². The van der Waals surface area contributed by atoms with Crippen LogP contribution in [0.25, 0.3) is 0 Å². The van der Waals surface area contributed by atoms with E-state index in [-0.39, 0.29) is 30.0 Å². The normalized spacial score (nSPS) is 11.5. The predicted molar refractivity (Wildman–Crippen MR) is 88.1 cm³/mol. The summed E-state index contributed by atoms with van der Waals surface area (Å²) >= 11 is 10.1. The van der Waals surface area contributed by atoms with Gasteiger partial charge in [-0.3, -0.25) is 14.4 Å². The minimum absolute atomic E-state index is 0.189. The Morgan fingerprint density at radius 2 is 2.00 bits per heavy atom. The summed E-state index contributed by atoms with van der Waals surface area (Å²) in [5, 5.41) is 8.05. The molecule has 1 rings (SSSR count). The van der Waals surface area contributed by atoms with E-state index < -0.39 is 6.04 Å². The summed E-state index contributed by atoms with van der Waals surface area (Å²) in [5.41, 5.74) is 1.11. The molecule has 0 aliphatic heterocycles. The van der Waals surface area contributed by atoms with E-state index in [4.69, 9.17) is 11.6 Å². The highest BCUT2D eigenvalue weighted by atomic mass is 35.5. The highest BCUT2D eigenvalue weighted by Crippen LogP contribution is 2.18. The van der Waals surface area contributed by atoms with Crippen LogP contribution >= 0.6 is 24.2 Å². The van der Waals surface area contributed by atoms with Crippen LogP contribution in [0, 0.1) is 0 Å². The number of benzene rings is 1. The van der Waals surface area contributed by atoms with E-state index in [0.29, 0.717) is 16.1 Å². The lowest BCUT2D eigenvalue weighted by Crippen LogP contribution is -2.47. The molecule has 0 unspecified atom stereocenters. The van der Waals surface area contributed by atoms with Crippen molar-refractivity contribution in [2.45, 2.75) is 19.5 Å². The Labute approximate surface area is 139 Å². The number of thiol groups is 1. The molecule has 0 saturated carbocycles. The van der Waals surface area contributed by atoms with Gasteiger partial charge in [0.15, 0.2) is 0 Å². The maximum absolute atomic E-state index is 11.9. The van der Waals surface area contributed by atoms with Gasteiger partial charge in [-0.15, -0.1) is 0 Å². The summed E-state index contributed by atoms with van der Waals surface area (Å²) in [4.78, 5) is 34.4. The van der Waals surface area contributed by atoms with Crippen LogP contribution in [0.15, 0.2) is 18.2 Å². The van der Waals surface area contributed by atoms with Gasteiger partial charge in [-0.25, -0.2) is 0 Å². The van der Waals surface area contributed by atoms with Crippen LogP contribution in [0.2, 0.25) is 5.02 Å². The van der Waals surface area contributed by atoms with Crippen LogP contribution < -0.4 is 16.0 Å². The Morgan fingerprint density at radius 1 is 1.32 bits per heavy atom. The summed E-state index contributed by atoms with van der Waals surface area (Å²) in [5.74, 6) is -0.702. The van der Waals surface area contributed by atoms with Crippen molar-refractivity contribution in [3.05, 3.63) is 34.3 Å². The maximum atomic E-state index is 11.9. The van der Waals surface area contributed by atoms with Crippen molar-refractivity contribution >= 4 is 42.0 Å². The van der Waals surface area contributed by atoms with Gasteiger partial charge >= 0.3 is 0 Å². The zero-order valence-electron chi connectivity index (χ0n) is 12.3. The second-order valence-electron chi connectivity index (χ2n) is 4.54. The lowest BCUT2D eigenvalue weighted by atomic mass is 10.1. The third-order valence-corrected chi connectivity index (χ3v) is 3.59. The van der Waals surface area contributed by atoms with E-state index in [2.05, 4.69) is 28.6 Å². The number of amides is 3. The summed E-state index contributed by atoms with van der Waals surface area (Å²) in [7, 11) is 1.53. The van der Waals surface area contributed by atoms with Crippen LogP contribution in [-0.2, 0) is 16.1 Å². The maximum Gasteiger partial charge on any atom is 0.251 e. The van der Waals surface area contributed by atoms with Crippen LogP contribution in [0.4, 0.5) is 0 Å². The van der Waals surface area contributed by atoms with Crippen LogP contribution in [-0.4, -0.2) is 36.6 Å². The molecule has 0 bridgehead atoms. The number of rotatable bonds is 6. The lowest BCUT2D eigenvalue weighted by molar-refractivity contribution is -0.127. The third kappa shape index (κ3) is 5.23. The Balaban J connectivity index is 2.69. The number of carbonyl (C=O) groups excluding carboxylic acids is 3. The smallest absolute Gasteiger partial charge is 0.251 e. The molecule has 0 aromatic heterocycles. The molecule has 1 aromatic carbocycles. The first-order valence-corrected chi connectivity index (χ1v) is 7.56. The molecule has 8 heteroatoms. The van der Waals surface area contributed by atoms with Crippen molar-refractivity contribution in [2.75, 3.05) is 12.8 Å². The third-order valence-electron chi connectivity index (χ3n) is 2.87. The SMILES string of the molecule is CNC(=O)c1ccc(CNC(=O)[C@H](CS)NC(C)=O)c(Cl)c1. The van der Waals surface area contributed by atoms with Gasteiger partial charge < -0.3 is 16.0 Å². The number of hydrogen-bond acceptors (Lipinski definition) is 4. The quantitative estimate of drug-likeness (QED) is 0.575. The molecule has 0 spiro atoms. The number of hydrogen-bond donors (Lipinski definition) is 4. The van der Waals surface area contributed by atoms with E-state index in [1.54, 1.807) is 12.1 Å². The number of nitrogens with one attached hydrogen (secondary N) is 3. The molecule has 3 amide bonds. The fourth-order valence-corrected chi connectivity index (χ4v) is 2.23. The first-order valence-electron chi connectivity index (χ1n) is 6.55. The Morgan fingerprint density at radius 3 is 2.50 bits per heavy atom. The van der Waals surface area contributed by atoms with Crippen LogP contribution in [0.3, 0.4) is 0 Å². The fraction of sp³-hybridized carbons (Fsp3) is 0.357. The molecule has 0 heterocycles. The average molecular weight is 344 g/mol. The molecular formula is C14H18ClN3O3S. The molecular weight excluding hydrogens is 326 g/mol. The monoisotopic (exact) mass is 343 g/mol. The summed E-state index contributed by atoms with van der Waals surface area (Å²) in [6.45, 7) is 1.52. The molecule has 0 aliphatic carbocycles. The van der Waals surface area contributed by atoms with Crippen LogP contribution in [0.1, 0.15) is 22.8 Å². The first kappa shape index (κ1) is 18.3. The molecule has 1 atom stereocenters. The lowest BCUT2D eigenvalue weighted by Gasteiger charge is -2.15. The van der Waals surface area contributed by atoms with E-state index in [1.165, 1.54) is 20.0 Å². The zero-order chi connectivity index (χ0) is 16.7. The van der Waals surface area contributed by atoms with Crippen molar-refractivity contribution in [1.82, 2.24) is 16.0 Å². The topological polar surface area (TPSA) is 87.3 Å². The Kier molecular flexibility index (Phi) is 7.20. The van der Waals surface area contributed by atoms with Crippen molar-refractivity contribution < 1.29 is 14.4 Å². The molecule has 0 aliphatic rings. The predicted octanol–water partition coefficient (Wildman–Crippen LogP) is 0.750. The fourth-order valence-electron chi connectivity index (χ4n) is 1.72. The molecule has 22 heavy (non-hydrogen) atoms. The molecule has 3 N–H and O–H groups in total. The van der Waals surface area contributed by atoms with Gasteiger partial charge in [0, 0.05) is 36.9 Å². The molecule has 6 nitrogen and oxygen atoms in total. The molecule has 1 aromatic rings. The molecule has 0 saturated heterocycles. The number of carbonyl (C=O) groups is 3. The van der Waals surface area contributed by atoms with Crippen LogP contribution in [0.5, 0.6) is 0 Å². The summed E-state index contributed by atoms with van der Waals surface area (Å²) in [6.07, 6.45) is 0. The minimum atomic E-state index is -0.704. The van der Waals surface area contributed by atoms with Gasteiger partial charge in [0.05, 0.1) is 0 Å². The van der Waals surface area contributed by atoms with Gasteiger partial charge in [-0.05, 0) is 17.7 Å². The van der Waals surface area contributed by atoms with E-state index in [1.807, 2.05) is 0 Å². The van der Waals surface area contributed by atoms with E-state index in [0.717, 1.165) is 0 Å². The Hall–Kier alpha value is -1.73. The van der Waals surface area contributed by atoms with E-state index >= 15 is 0 Å². The van der Waals surface area contributed by atoms with Crippen molar-refractivity contribution in [1.29, 1.82) is 0 Å². The summed E-state index contributed by atoms with van der Waals surface area (Å²) in [6, 6.07) is 4.12. The highest BCUT2D eigenvalue weighted by molar-refractivity contribution is 7.80. The second-order valence-corrected chi connectivity index (χ2v) is 5.31. The largest absolute Gasteiger partial charge is 0.355 e. The van der Waals surface area contributed by atoms with Crippen molar-refractivity contribution in [3.63, 3.8) is 0 Å². The molecule has 0 fully saturated rings. The van der Waals surface area contributed by atoms with Gasteiger partial charge in [-0.2, -0.15) is 12.6 Å². The van der Waals surface area contributed by atoms with E-state index in [9.17, 15) is 14.4 Å². The standard InChI is InChI=1S/C14H18ClN3O3S/c1-8(19)18-12(7-22)14(21)17-6-10-4-3-9(5-11(10)15)13(20)16-2/h3-5,12,22H,6-7H2,1-2H3,(H,16,20)(H,17,21)(H,18,19)/t12-/m0/s1. The zero-order valence-corrected chi connectivity index (χ0v) is 13.9. The van der Waals surface area contributed by atoms with Gasteiger partial charge in [0.1, 0.15) is 6.04 Å². The average Bonchev–Trinajstić information content (AvgIpc) is 2.49. The highest BCUT2D eigenvalue weighted by Gasteiger charge is 2.17. The second kappa shape index (κ2) is 8.65. The summed E-state index contributed by atoms with van der Waals surface area (Å²) < 4.78 is 0. The minimum Gasteiger partial charge on any atom is -0.355 e. The van der Waals surface area contributed by atoms with Gasteiger partial charge in [-0.1, -0.05) is 17.7 Å². The Bertz CT molecular complexity index is 580. The first-order chi connectivity index (χ1) is 10.4. The molecule has 120 valence electrons. The molecule has 0 radical (unpaired) electrons.